The maximum absolute atomic E-state index is 13.4. The second-order valence-corrected chi connectivity index (χ2v) is 10.2. The lowest BCUT2D eigenvalue weighted by molar-refractivity contribution is -0.0917. The van der Waals surface area contributed by atoms with Crippen LogP contribution < -0.4 is 10.1 Å². The molecular weight excluding hydrogens is 544 g/mol. The number of aromatic nitrogens is 1. The number of carbonyl (C=O) groups is 4. The topological polar surface area (TPSA) is 150 Å². The Morgan fingerprint density at radius 1 is 1.10 bits per heavy atom. The minimum absolute atomic E-state index is 0.0711. The number of nitrogens with one attached hydrogen (secondary N) is 1. The Morgan fingerprint density at radius 3 is 2.43 bits per heavy atom. The highest BCUT2D eigenvalue weighted by molar-refractivity contribution is 6.03. The molecule has 1 aliphatic rings. The van der Waals surface area contributed by atoms with Crippen molar-refractivity contribution in [3.8, 4) is 16.9 Å². The average molecular weight is 583 g/mol. The lowest BCUT2D eigenvalue weighted by Crippen LogP contribution is -2.30. The van der Waals surface area contributed by atoms with Crippen LogP contribution in [-0.2, 0) is 14.2 Å². The number of carbonyl (C=O) groups excluding carboxylic acids is 3. The molecule has 3 rings (SSSR count). The highest BCUT2D eigenvalue weighted by Gasteiger charge is 2.27. The fraction of sp³-hybridized carbons (Fsp3) is 0.452. The smallest absolute Gasteiger partial charge is 0.496 e. The number of ether oxygens (including phenoxy) is 4. The molecule has 2 N–H and O–H groups in total. The predicted octanol–water partition coefficient (Wildman–Crippen LogP) is 5.86. The van der Waals surface area contributed by atoms with Gasteiger partial charge in [-0.3, -0.25) is 4.79 Å². The van der Waals surface area contributed by atoms with Crippen LogP contribution in [0.5, 0.6) is 5.75 Å². The fourth-order valence-electron chi connectivity index (χ4n) is 4.51. The summed E-state index contributed by atoms with van der Waals surface area (Å²) in [6, 6.07) is 5.61. The van der Waals surface area contributed by atoms with E-state index in [-0.39, 0.29) is 40.1 Å². The highest BCUT2D eigenvalue weighted by Crippen LogP contribution is 2.34. The molecule has 1 aliphatic carbocycles. The molecule has 0 spiro atoms. The van der Waals surface area contributed by atoms with Gasteiger partial charge < -0.3 is 29.4 Å². The van der Waals surface area contributed by atoms with Crippen molar-refractivity contribution in [1.29, 1.82) is 0 Å². The van der Waals surface area contributed by atoms with Crippen LogP contribution in [-0.4, -0.2) is 60.1 Å². The lowest BCUT2D eigenvalue weighted by atomic mass is 9.95. The van der Waals surface area contributed by atoms with Gasteiger partial charge in [-0.25, -0.2) is 19.4 Å². The number of aromatic carboxylic acids is 1. The molecule has 1 saturated carbocycles. The van der Waals surface area contributed by atoms with E-state index in [1.807, 2.05) is 13.8 Å². The Bertz CT molecular complexity index is 1320. The van der Waals surface area contributed by atoms with Gasteiger partial charge in [0.25, 0.3) is 5.91 Å². The SMILES string of the molecule is C=Cc1cc(C(=O)O)c(-c2ccc(C(=O)NCC(C)CC)nc2C(=O)OC(C)OC(=O)OC2CCCCC2)cc1OC. The summed E-state index contributed by atoms with van der Waals surface area (Å²) < 4.78 is 21.2. The molecule has 1 amide bonds. The maximum Gasteiger partial charge on any atom is 0.511 e. The molecule has 1 aromatic carbocycles. The minimum Gasteiger partial charge on any atom is -0.496 e. The number of hydrogen-bond acceptors (Lipinski definition) is 9. The first-order valence-electron chi connectivity index (χ1n) is 14.0. The quantitative estimate of drug-likeness (QED) is 0.230. The van der Waals surface area contributed by atoms with Crippen LogP contribution in [0.3, 0.4) is 0 Å². The molecule has 0 aliphatic heterocycles. The van der Waals surface area contributed by atoms with Crippen molar-refractivity contribution in [3.05, 3.63) is 53.4 Å². The summed E-state index contributed by atoms with van der Waals surface area (Å²) in [5.74, 6) is -2.30. The third-order valence-corrected chi connectivity index (χ3v) is 7.09. The van der Waals surface area contributed by atoms with Gasteiger partial charge in [-0.1, -0.05) is 39.3 Å². The van der Waals surface area contributed by atoms with Gasteiger partial charge in [-0.15, -0.1) is 0 Å². The Morgan fingerprint density at radius 2 is 1.81 bits per heavy atom. The summed E-state index contributed by atoms with van der Waals surface area (Å²) in [4.78, 5) is 55.0. The number of methoxy groups -OCH3 is 1. The van der Waals surface area contributed by atoms with Gasteiger partial charge in [-0.2, -0.15) is 0 Å². The van der Waals surface area contributed by atoms with Gasteiger partial charge in [-0.05, 0) is 55.9 Å². The molecule has 2 atom stereocenters. The van der Waals surface area contributed by atoms with Crippen molar-refractivity contribution in [2.24, 2.45) is 5.92 Å². The van der Waals surface area contributed by atoms with Crippen LogP contribution in [0.4, 0.5) is 4.79 Å². The Hall–Kier alpha value is -4.41. The van der Waals surface area contributed by atoms with E-state index in [0.717, 1.165) is 38.5 Å². The summed E-state index contributed by atoms with van der Waals surface area (Å²) >= 11 is 0. The third kappa shape index (κ3) is 8.31. The number of benzene rings is 1. The van der Waals surface area contributed by atoms with Crippen molar-refractivity contribution in [2.75, 3.05) is 13.7 Å². The van der Waals surface area contributed by atoms with E-state index in [1.54, 1.807) is 0 Å². The molecule has 0 saturated heterocycles. The average Bonchev–Trinajstić information content (AvgIpc) is 2.98. The van der Waals surface area contributed by atoms with Crippen LogP contribution >= 0.6 is 0 Å². The summed E-state index contributed by atoms with van der Waals surface area (Å²) in [6.07, 6.45) is 4.18. The predicted molar refractivity (Wildman–Crippen MR) is 154 cm³/mol. The van der Waals surface area contributed by atoms with Crippen molar-refractivity contribution in [1.82, 2.24) is 10.3 Å². The molecule has 0 radical (unpaired) electrons. The second kappa shape index (κ2) is 15.0. The van der Waals surface area contributed by atoms with Gasteiger partial charge in [0.15, 0.2) is 5.69 Å². The molecule has 226 valence electrons. The van der Waals surface area contributed by atoms with Gasteiger partial charge in [0.05, 0.1) is 12.7 Å². The number of nitrogens with zero attached hydrogens (tertiary/aromatic N) is 1. The zero-order chi connectivity index (χ0) is 30.8. The van der Waals surface area contributed by atoms with Crippen molar-refractivity contribution >= 4 is 30.1 Å². The van der Waals surface area contributed by atoms with Gasteiger partial charge in [0, 0.05) is 30.2 Å². The number of carboxylic acid groups (broad SMARTS) is 1. The van der Waals surface area contributed by atoms with E-state index in [2.05, 4.69) is 16.9 Å². The summed E-state index contributed by atoms with van der Waals surface area (Å²) in [7, 11) is 1.41. The van der Waals surface area contributed by atoms with Crippen molar-refractivity contribution in [2.45, 2.75) is 71.7 Å². The van der Waals surface area contributed by atoms with Crippen LogP contribution in [0, 0.1) is 5.92 Å². The number of esters is 1. The Labute approximate surface area is 245 Å². The van der Waals surface area contributed by atoms with E-state index < -0.39 is 30.3 Å². The molecule has 42 heavy (non-hydrogen) atoms. The monoisotopic (exact) mass is 582 g/mol. The van der Waals surface area contributed by atoms with Crippen LogP contribution in [0.2, 0.25) is 0 Å². The van der Waals surface area contributed by atoms with E-state index >= 15 is 0 Å². The van der Waals surface area contributed by atoms with Crippen molar-refractivity contribution < 1.29 is 43.2 Å². The van der Waals surface area contributed by atoms with Crippen LogP contribution in [0.15, 0.2) is 30.8 Å². The van der Waals surface area contributed by atoms with Crippen LogP contribution in [0.1, 0.15) is 96.2 Å². The minimum atomic E-state index is -1.36. The molecule has 1 heterocycles. The second-order valence-electron chi connectivity index (χ2n) is 10.2. The summed E-state index contributed by atoms with van der Waals surface area (Å²) in [6.45, 7) is 9.41. The number of pyridine rings is 1. The molecular formula is C31H38N2O9. The summed E-state index contributed by atoms with van der Waals surface area (Å²) in [5, 5.41) is 12.7. The first-order chi connectivity index (χ1) is 20.1. The number of carboxylic acids is 1. The number of rotatable bonds is 12. The molecule has 1 fully saturated rings. The van der Waals surface area contributed by atoms with Gasteiger partial charge in [0.2, 0.25) is 6.29 Å². The maximum atomic E-state index is 13.4. The standard InChI is InChI=1S/C31H38N2O9/c1-6-18(3)17-32-28(34)25-14-13-22(23-16-26(39-5)20(7-2)15-24(23)29(35)36)27(33-25)30(37)40-19(4)41-31(38)42-21-11-9-8-10-12-21/h7,13-16,18-19,21H,2,6,8-12,17H2,1,3-5H3,(H,32,34)(H,35,36). The molecule has 11 heteroatoms. The molecule has 11 nitrogen and oxygen atoms in total. The zero-order valence-electron chi connectivity index (χ0n) is 24.4. The number of hydrogen-bond donors (Lipinski definition) is 2. The first-order valence-corrected chi connectivity index (χ1v) is 14.0. The zero-order valence-corrected chi connectivity index (χ0v) is 24.4. The van der Waals surface area contributed by atoms with Gasteiger partial charge in [0.1, 0.15) is 17.5 Å². The third-order valence-electron chi connectivity index (χ3n) is 7.09. The molecule has 2 aromatic rings. The molecule has 1 aromatic heterocycles. The van der Waals surface area contributed by atoms with E-state index in [9.17, 15) is 24.3 Å². The molecule has 0 bridgehead atoms. The highest BCUT2D eigenvalue weighted by atomic mass is 16.8. The van der Waals surface area contributed by atoms with E-state index in [0.29, 0.717) is 17.9 Å². The normalized spacial score (nSPS) is 14.7. The van der Waals surface area contributed by atoms with E-state index in [4.69, 9.17) is 18.9 Å². The largest absolute Gasteiger partial charge is 0.511 e. The molecule has 2 unspecified atom stereocenters. The van der Waals surface area contributed by atoms with Crippen LogP contribution in [0.25, 0.3) is 17.2 Å². The van der Waals surface area contributed by atoms with Crippen molar-refractivity contribution in [3.63, 3.8) is 0 Å². The Balaban J connectivity index is 1.96. The first kappa shape index (κ1) is 32.1. The Kier molecular flexibility index (Phi) is 11.5. The number of amides is 1. The summed E-state index contributed by atoms with van der Waals surface area (Å²) in [5.41, 5.74) is 0.0122. The van der Waals surface area contributed by atoms with E-state index in [1.165, 1.54) is 44.4 Å². The lowest BCUT2D eigenvalue weighted by Gasteiger charge is -2.22. The van der Waals surface area contributed by atoms with Gasteiger partial charge >= 0.3 is 18.1 Å². The fourth-order valence-corrected chi connectivity index (χ4v) is 4.51.